The highest BCUT2D eigenvalue weighted by Gasteiger charge is 2.44. The number of piperazine rings is 2. The van der Waals surface area contributed by atoms with Crippen LogP contribution in [0.1, 0.15) is 59.3 Å². The zero-order chi connectivity index (χ0) is 61.4. The van der Waals surface area contributed by atoms with Gasteiger partial charge in [0.2, 0.25) is 11.8 Å². The predicted molar refractivity (Wildman–Crippen MR) is 295 cm³/mol. The molecule has 10 rings (SSSR count). The van der Waals surface area contributed by atoms with E-state index in [9.17, 15) is 42.1 Å². The lowest BCUT2D eigenvalue weighted by molar-refractivity contribution is -0.140. The minimum Gasteiger partial charge on any atom is -0.489 e. The Hall–Kier alpha value is -8.11. The Labute approximate surface area is 490 Å². The number of fused-ring (bicyclic) bond motifs is 2. The van der Waals surface area contributed by atoms with Crippen molar-refractivity contribution in [3.05, 3.63) is 101 Å². The number of rotatable bonds is 16. The SMILES string of the molecule is C=CC(=O)N1CCN(c2nc(OC[C@H]3C[C@H](F)CN3C)nc3c2CCN(c2cc(O[C@@H]4C[C@H](COc5nc6c(c(N7CCN(C(=O)C=C)C(CC#N)C7)n5)CCN(c5cccc(F)c5C(F)(F)F)C6)N(C)C4)cc(F)c2C(F)(F)F)C3)CC1CC#N. The summed E-state index contributed by atoms with van der Waals surface area (Å²) in [6.45, 7) is 8.38. The predicted octanol–water partition coefficient (Wildman–Crippen LogP) is 6.89. The molecule has 2 aromatic carbocycles. The third kappa shape index (κ3) is 12.9. The third-order valence-electron chi connectivity index (χ3n) is 16.9. The maximum atomic E-state index is 16.2. The highest BCUT2D eigenvalue weighted by molar-refractivity contribution is 5.88. The van der Waals surface area contributed by atoms with Crippen LogP contribution in [0.25, 0.3) is 0 Å². The van der Waals surface area contributed by atoms with Crippen LogP contribution < -0.4 is 33.8 Å². The number of halogens is 9. The minimum absolute atomic E-state index is 0.00376. The monoisotopic (exact) mass is 1210 g/mol. The molecule has 2 unspecified atom stereocenters. The molecule has 6 aliphatic rings. The van der Waals surface area contributed by atoms with Crippen molar-refractivity contribution in [2.45, 2.75) is 100 Å². The first-order valence-electron chi connectivity index (χ1n) is 28.2. The Balaban J connectivity index is 0.892. The summed E-state index contributed by atoms with van der Waals surface area (Å²) in [7, 11) is 3.52. The van der Waals surface area contributed by atoms with Gasteiger partial charge in [-0.25, -0.2) is 13.2 Å². The average Bonchev–Trinajstić information content (AvgIpc) is 4.21. The Morgan fingerprint density at radius 1 is 0.640 bits per heavy atom. The number of nitriles is 2. The van der Waals surface area contributed by atoms with E-state index >= 15 is 17.6 Å². The Morgan fingerprint density at radius 3 is 1.63 bits per heavy atom. The molecule has 8 heterocycles. The van der Waals surface area contributed by atoms with Crippen LogP contribution >= 0.6 is 0 Å². The van der Waals surface area contributed by atoms with E-state index in [2.05, 4.69) is 35.3 Å². The van der Waals surface area contributed by atoms with E-state index in [4.69, 9.17) is 24.2 Å². The third-order valence-corrected chi connectivity index (χ3v) is 16.9. The Morgan fingerprint density at radius 2 is 1.14 bits per heavy atom. The molecule has 4 aromatic rings. The first-order valence-corrected chi connectivity index (χ1v) is 28.2. The van der Waals surface area contributed by atoms with Crippen molar-refractivity contribution in [3.63, 3.8) is 0 Å². The van der Waals surface area contributed by atoms with Crippen LogP contribution in [-0.4, -0.2) is 181 Å². The first kappa shape index (κ1) is 61.0. The highest BCUT2D eigenvalue weighted by atomic mass is 19.4. The first-order chi connectivity index (χ1) is 41.0. The number of ether oxygens (including phenoxy) is 3. The number of carbonyl (C=O) groups excluding carboxylic acids is 2. The van der Waals surface area contributed by atoms with Crippen molar-refractivity contribution in [1.29, 1.82) is 10.5 Å². The fourth-order valence-electron chi connectivity index (χ4n) is 12.6. The topological polar surface area (TPSA) is 187 Å². The largest absolute Gasteiger partial charge is 0.489 e. The number of anilines is 4. The normalized spacial score (nSPS) is 22.9. The van der Waals surface area contributed by atoms with Crippen molar-refractivity contribution in [2.75, 3.05) is 112 Å². The minimum atomic E-state index is -5.15. The molecule has 2 aromatic heterocycles. The van der Waals surface area contributed by atoms with E-state index in [0.29, 0.717) is 40.2 Å². The molecule has 0 aliphatic carbocycles. The molecule has 0 radical (unpaired) electrons. The molecular formula is C58H63F9N14O5. The van der Waals surface area contributed by atoms with Gasteiger partial charge in [-0.3, -0.25) is 19.4 Å². The number of aromatic nitrogens is 4. The lowest BCUT2D eigenvalue weighted by atomic mass is 10.0. The summed E-state index contributed by atoms with van der Waals surface area (Å²) in [5, 5.41) is 19.4. The van der Waals surface area contributed by atoms with Crippen molar-refractivity contribution in [1.82, 2.24) is 39.5 Å². The quantitative estimate of drug-likeness (QED) is 0.0833. The summed E-state index contributed by atoms with van der Waals surface area (Å²) < 4.78 is 152. The fraction of sp³-hybridized carbons (Fsp3) is 0.517. The van der Waals surface area contributed by atoms with E-state index in [1.807, 2.05) is 14.7 Å². The van der Waals surface area contributed by atoms with Gasteiger partial charge in [-0.1, -0.05) is 19.2 Å². The fourth-order valence-corrected chi connectivity index (χ4v) is 12.6. The maximum absolute atomic E-state index is 16.2. The van der Waals surface area contributed by atoms with E-state index in [1.54, 1.807) is 23.9 Å². The molecule has 2 amide bonds. The summed E-state index contributed by atoms with van der Waals surface area (Å²) in [5.74, 6) is -3.11. The van der Waals surface area contributed by atoms with Gasteiger partial charge in [-0.05, 0) is 57.6 Å². The molecule has 4 fully saturated rings. The summed E-state index contributed by atoms with van der Waals surface area (Å²) in [6, 6.07) is 7.09. The number of amides is 2. The van der Waals surface area contributed by atoms with E-state index in [1.165, 1.54) is 32.9 Å². The maximum Gasteiger partial charge on any atom is 0.421 e. The van der Waals surface area contributed by atoms with Crippen LogP contribution in [0, 0.1) is 34.3 Å². The van der Waals surface area contributed by atoms with Crippen molar-refractivity contribution in [3.8, 4) is 29.9 Å². The van der Waals surface area contributed by atoms with Gasteiger partial charge in [0.05, 0.1) is 72.9 Å². The van der Waals surface area contributed by atoms with Crippen LogP contribution in [0.3, 0.4) is 0 Å². The van der Waals surface area contributed by atoms with Crippen LogP contribution in [0.15, 0.2) is 55.6 Å². The van der Waals surface area contributed by atoms with Gasteiger partial charge < -0.3 is 43.6 Å². The number of likely N-dealkylation sites (N-methyl/N-ethyl adjacent to an activating group) is 2. The second-order valence-corrected chi connectivity index (χ2v) is 22.3. The Kier molecular flexibility index (Phi) is 17.8. The molecule has 6 atom stereocenters. The summed E-state index contributed by atoms with van der Waals surface area (Å²) >= 11 is 0. The van der Waals surface area contributed by atoms with Crippen molar-refractivity contribution in [2.24, 2.45) is 0 Å². The molecule has 458 valence electrons. The summed E-state index contributed by atoms with van der Waals surface area (Å²) in [5.41, 5.74) is -2.03. The number of nitrogens with zero attached hydrogens (tertiary/aromatic N) is 14. The molecule has 19 nitrogen and oxygen atoms in total. The second-order valence-electron chi connectivity index (χ2n) is 22.3. The second kappa shape index (κ2) is 25.1. The lowest BCUT2D eigenvalue weighted by Crippen LogP contribution is -2.55. The number of hydrogen-bond acceptors (Lipinski definition) is 17. The smallest absolute Gasteiger partial charge is 0.421 e. The zero-order valence-electron chi connectivity index (χ0n) is 47.3. The van der Waals surface area contributed by atoms with E-state index in [-0.39, 0.29) is 172 Å². The number of benzene rings is 2. The number of alkyl halides is 7. The molecular weight excluding hydrogens is 1140 g/mol. The van der Waals surface area contributed by atoms with Gasteiger partial charge in [0, 0.05) is 107 Å². The average molecular weight is 1210 g/mol. The van der Waals surface area contributed by atoms with Gasteiger partial charge >= 0.3 is 24.4 Å². The van der Waals surface area contributed by atoms with Gasteiger partial charge in [-0.15, -0.1) is 0 Å². The van der Waals surface area contributed by atoms with Gasteiger partial charge in [0.15, 0.2) is 0 Å². The molecule has 0 spiro atoms. The molecule has 0 saturated carbocycles. The van der Waals surface area contributed by atoms with E-state index < -0.39 is 71.2 Å². The van der Waals surface area contributed by atoms with E-state index in [0.717, 1.165) is 18.2 Å². The van der Waals surface area contributed by atoms with Crippen molar-refractivity contribution < 1.29 is 63.3 Å². The molecule has 28 heteroatoms. The molecule has 0 N–H and O–H groups in total. The molecule has 4 saturated heterocycles. The zero-order valence-corrected chi connectivity index (χ0v) is 47.3. The van der Waals surface area contributed by atoms with Gasteiger partial charge in [0.25, 0.3) is 0 Å². The number of hydrogen-bond donors (Lipinski definition) is 0. The summed E-state index contributed by atoms with van der Waals surface area (Å²) in [6.07, 6.45) is -8.96. The summed E-state index contributed by atoms with van der Waals surface area (Å²) in [4.78, 5) is 57.8. The molecule has 6 aliphatic heterocycles. The Bertz CT molecular complexity index is 3320. The lowest BCUT2D eigenvalue weighted by Gasteiger charge is -2.42. The number of likely N-dealkylation sites (tertiary alicyclic amines) is 2. The molecule has 0 bridgehead atoms. The van der Waals surface area contributed by atoms with Gasteiger partial charge in [-0.2, -0.15) is 56.8 Å². The van der Waals surface area contributed by atoms with Crippen LogP contribution in [0.2, 0.25) is 0 Å². The van der Waals surface area contributed by atoms with Crippen LogP contribution in [0.5, 0.6) is 17.8 Å². The standard InChI is InChI=1S/C58H63F9N14O5/c1-5-49(82)80-20-18-78(27-35(80)10-14-68)53-41-12-16-76(47-9-7-8-43(60)51(47)57(62,63)64)30-45(41)70-56(73-53)85-33-38-23-40(29-75(38)4)86-39-24-44(61)52(58(65,66)67)48(25-39)77-17-13-42-46(31-77)71-55(84-32-37-22-34(59)26-74(37)3)72-54(42)79-19-21-81(50(83)6-2)36(28-79)11-15-69/h5-9,24-25,34-38,40H,1-2,10-13,16-23,26-33H2,3-4H3/t34-,35?,36?,37+,38+,40+/m0/s1. The number of carbonyl (C=O) groups is 2. The molecule has 86 heavy (non-hydrogen) atoms. The van der Waals surface area contributed by atoms with Crippen LogP contribution in [0.4, 0.5) is 62.5 Å². The van der Waals surface area contributed by atoms with Gasteiger partial charge in [0.1, 0.15) is 65.6 Å². The van der Waals surface area contributed by atoms with Crippen LogP contribution in [-0.2, 0) is 47.9 Å². The van der Waals surface area contributed by atoms with Crippen molar-refractivity contribution >= 4 is 34.8 Å². The highest BCUT2D eigenvalue weighted by Crippen LogP contribution is 2.45.